The monoisotopic (exact) mass is 428 g/mol. The third-order valence-electron chi connectivity index (χ3n) is 6.80. The minimum Gasteiger partial charge on any atom is -0.350 e. The second kappa shape index (κ2) is 8.60. The van der Waals surface area contributed by atoms with Gasteiger partial charge in [-0.1, -0.05) is 47.6 Å². The summed E-state index contributed by atoms with van der Waals surface area (Å²) in [5.41, 5.74) is 2.67. The van der Waals surface area contributed by atoms with Crippen LogP contribution >= 0.6 is 0 Å². The maximum atomic E-state index is 12.9. The van der Waals surface area contributed by atoms with Crippen molar-refractivity contribution in [2.24, 2.45) is 16.7 Å². The lowest BCUT2D eigenvalue weighted by molar-refractivity contribution is -0.128. The van der Waals surface area contributed by atoms with Crippen molar-refractivity contribution in [3.63, 3.8) is 0 Å². The van der Waals surface area contributed by atoms with Crippen LogP contribution in [-0.2, 0) is 17.6 Å². The van der Waals surface area contributed by atoms with Gasteiger partial charge in [0.15, 0.2) is 0 Å². The molecule has 0 bridgehead atoms. The third-order valence-corrected chi connectivity index (χ3v) is 6.80. The van der Waals surface area contributed by atoms with Gasteiger partial charge in [0.1, 0.15) is 0 Å². The average Bonchev–Trinajstić information content (AvgIpc) is 2.56. The first-order chi connectivity index (χ1) is 13.9. The van der Waals surface area contributed by atoms with Crippen molar-refractivity contribution in [1.29, 1.82) is 0 Å². The Bertz CT molecular complexity index is 823. The summed E-state index contributed by atoms with van der Waals surface area (Å²) in [5, 5.41) is 6.47. The molecule has 0 heterocycles. The van der Waals surface area contributed by atoms with Crippen molar-refractivity contribution >= 4 is 11.8 Å². The van der Waals surface area contributed by atoms with Crippen molar-refractivity contribution in [1.82, 2.24) is 10.6 Å². The lowest BCUT2D eigenvalue weighted by Crippen LogP contribution is -2.54. The van der Waals surface area contributed by atoms with Gasteiger partial charge in [-0.2, -0.15) is 0 Å². The summed E-state index contributed by atoms with van der Waals surface area (Å²) in [6, 6.07) is 5.96. The van der Waals surface area contributed by atoms with Crippen LogP contribution in [0.4, 0.5) is 0 Å². The maximum absolute atomic E-state index is 12.9. The quantitative estimate of drug-likeness (QED) is 0.634. The first kappa shape index (κ1) is 25.4. The molecule has 1 aromatic carbocycles. The molecule has 1 atom stereocenters. The van der Waals surface area contributed by atoms with Crippen LogP contribution in [0.3, 0.4) is 0 Å². The first-order valence-electron chi connectivity index (χ1n) is 11.7. The average molecular weight is 429 g/mol. The van der Waals surface area contributed by atoms with Crippen LogP contribution in [0.25, 0.3) is 0 Å². The summed E-state index contributed by atoms with van der Waals surface area (Å²) < 4.78 is 0. The topological polar surface area (TPSA) is 58.2 Å². The Labute approximate surface area is 190 Å². The van der Waals surface area contributed by atoms with Crippen LogP contribution in [0, 0.1) is 16.7 Å². The normalized spacial score (nSPS) is 17.7. The van der Waals surface area contributed by atoms with Crippen molar-refractivity contribution in [3.05, 3.63) is 34.9 Å². The standard InChI is InChI=1S/C27H44N2O2/c1-24(2,3)17-26(7,8)28-22(30)20-13-11-19-16-21(14-12-18(19)15-20)23(31)29-27(9,10)25(4,5)6/h11,13,15,21H,12,14,16-17H2,1-10H3,(H,28,30)(H,29,31). The van der Waals surface area contributed by atoms with E-state index in [1.54, 1.807) is 0 Å². The molecule has 4 nitrogen and oxygen atoms in total. The Morgan fingerprint density at radius 1 is 0.903 bits per heavy atom. The Morgan fingerprint density at radius 2 is 1.52 bits per heavy atom. The fourth-order valence-electron chi connectivity index (χ4n) is 4.47. The van der Waals surface area contributed by atoms with Gasteiger partial charge in [-0.25, -0.2) is 0 Å². The molecule has 1 unspecified atom stereocenters. The Hall–Kier alpha value is -1.84. The van der Waals surface area contributed by atoms with E-state index in [1.165, 1.54) is 11.1 Å². The molecule has 2 rings (SSSR count). The van der Waals surface area contributed by atoms with Gasteiger partial charge in [0.2, 0.25) is 5.91 Å². The molecule has 31 heavy (non-hydrogen) atoms. The molecule has 1 aromatic rings. The summed E-state index contributed by atoms with van der Waals surface area (Å²) in [6.45, 7) is 21.4. The summed E-state index contributed by atoms with van der Waals surface area (Å²) in [4.78, 5) is 25.8. The van der Waals surface area contributed by atoms with Gasteiger partial charge in [-0.05, 0) is 87.5 Å². The Balaban J connectivity index is 2.07. The molecule has 2 N–H and O–H groups in total. The van der Waals surface area contributed by atoms with Gasteiger partial charge in [-0.3, -0.25) is 9.59 Å². The molecule has 0 aliphatic heterocycles. The second-order valence-electron chi connectivity index (χ2n) is 12.9. The summed E-state index contributed by atoms with van der Waals surface area (Å²) in [6.07, 6.45) is 3.28. The highest BCUT2D eigenvalue weighted by Gasteiger charge is 2.36. The van der Waals surface area contributed by atoms with E-state index < -0.39 is 0 Å². The van der Waals surface area contributed by atoms with Gasteiger partial charge < -0.3 is 10.6 Å². The van der Waals surface area contributed by atoms with Crippen LogP contribution < -0.4 is 10.6 Å². The smallest absolute Gasteiger partial charge is 0.251 e. The number of hydrogen-bond donors (Lipinski definition) is 2. The molecule has 0 saturated heterocycles. The summed E-state index contributed by atoms with van der Waals surface area (Å²) in [5.74, 6) is 0.0969. The predicted molar refractivity (Wildman–Crippen MR) is 129 cm³/mol. The van der Waals surface area contributed by atoms with Crippen LogP contribution in [-0.4, -0.2) is 22.9 Å². The number of fused-ring (bicyclic) bond motifs is 1. The molecule has 0 fully saturated rings. The number of aryl methyl sites for hydroxylation is 1. The molecule has 0 aromatic heterocycles. The molecular weight excluding hydrogens is 384 g/mol. The number of nitrogens with one attached hydrogen (secondary N) is 2. The van der Waals surface area contributed by atoms with Gasteiger partial charge in [0, 0.05) is 22.6 Å². The molecule has 0 saturated carbocycles. The highest BCUT2D eigenvalue weighted by molar-refractivity contribution is 5.95. The van der Waals surface area contributed by atoms with E-state index in [0.717, 1.165) is 25.7 Å². The van der Waals surface area contributed by atoms with Crippen molar-refractivity contribution in [3.8, 4) is 0 Å². The van der Waals surface area contributed by atoms with Gasteiger partial charge in [0.25, 0.3) is 5.91 Å². The molecule has 0 radical (unpaired) electrons. The largest absolute Gasteiger partial charge is 0.350 e. The maximum Gasteiger partial charge on any atom is 0.251 e. The second-order valence-corrected chi connectivity index (χ2v) is 12.9. The van der Waals surface area contributed by atoms with Crippen molar-refractivity contribution in [2.75, 3.05) is 0 Å². The zero-order valence-electron chi connectivity index (χ0n) is 21.5. The molecule has 0 spiro atoms. The van der Waals surface area contributed by atoms with E-state index in [9.17, 15) is 9.59 Å². The van der Waals surface area contributed by atoms with Gasteiger partial charge in [-0.15, -0.1) is 0 Å². The molecule has 2 amide bonds. The van der Waals surface area contributed by atoms with E-state index in [2.05, 4.69) is 79.9 Å². The third kappa shape index (κ3) is 6.82. The van der Waals surface area contributed by atoms with Crippen LogP contribution in [0.1, 0.15) is 104 Å². The number of rotatable bonds is 5. The highest BCUT2D eigenvalue weighted by Crippen LogP contribution is 2.32. The van der Waals surface area contributed by atoms with Gasteiger partial charge in [0.05, 0.1) is 0 Å². The lowest BCUT2D eigenvalue weighted by Gasteiger charge is -2.41. The van der Waals surface area contributed by atoms with E-state index in [1.807, 2.05) is 18.2 Å². The first-order valence-corrected chi connectivity index (χ1v) is 11.7. The summed E-state index contributed by atoms with van der Waals surface area (Å²) in [7, 11) is 0. The zero-order valence-corrected chi connectivity index (χ0v) is 21.5. The number of carbonyl (C=O) groups excluding carboxylic acids is 2. The SMILES string of the molecule is CC(C)(C)CC(C)(C)NC(=O)c1ccc2c(c1)CCC(C(=O)NC(C)(C)C(C)(C)C)C2. The minimum absolute atomic E-state index is 0.0143. The fourth-order valence-corrected chi connectivity index (χ4v) is 4.47. The Kier molecular flexibility index (Phi) is 7.05. The fraction of sp³-hybridized carbons (Fsp3) is 0.704. The highest BCUT2D eigenvalue weighted by atomic mass is 16.2. The van der Waals surface area contributed by atoms with Crippen molar-refractivity contribution in [2.45, 2.75) is 106 Å². The van der Waals surface area contributed by atoms with E-state index in [0.29, 0.717) is 5.56 Å². The molecule has 1 aliphatic carbocycles. The van der Waals surface area contributed by atoms with E-state index >= 15 is 0 Å². The number of hydrogen-bond acceptors (Lipinski definition) is 2. The number of amides is 2. The number of carbonyl (C=O) groups is 2. The van der Waals surface area contributed by atoms with E-state index in [-0.39, 0.29) is 39.6 Å². The molecule has 1 aliphatic rings. The molecule has 174 valence electrons. The predicted octanol–water partition coefficient (Wildman–Crippen LogP) is 5.68. The van der Waals surface area contributed by atoms with Crippen LogP contribution in [0.15, 0.2) is 18.2 Å². The molecule has 4 heteroatoms. The van der Waals surface area contributed by atoms with Gasteiger partial charge >= 0.3 is 0 Å². The lowest BCUT2D eigenvalue weighted by atomic mass is 9.75. The number of benzene rings is 1. The van der Waals surface area contributed by atoms with E-state index in [4.69, 9.17) is 0 Å². The molecular formula is C27H44N2O2. The Morgan fingerprint density at radius 3 is 2.06 bits per heavy atom. The zero-order chi connectivity index (χ0) is 23.8. The van der Waals surface area contributed by atoms with Crippen molar-refractivity contribution < 1.29 is 9.59 Å². The van der Waals surface area contributed by atoms with Crippen LogP contribution in [0.2, 0.25) is 0 Å². The summed E-state index contributed by atoms with van der Waals surface area (Å²) >= 11 is 0. The van der Waals surface area contributed by atoms with Crippen LogP contribution in [0.5, 0.6) is 0 Å². The minimum atomic E-state index is -0.272.